The largest absolute Gasteiger partial charge is 0.419 e. The van der Waals surface area contributed by atoms with Crippen LogP contribution in [0.1, 0.15) is 31.2 Å². The third kappa shape index (κ3) is 2.18. The topological polar surface area (TPSA) is 35.1 Å². The molecule has 1 aromatic carbocycles. The molecule has 2 aromatic rings. The Kier molecular flexibility index (Phi) is 3.43. The maximum absolute atomic E-state index is 11.6. The molecule has 2 rings (SSSR count). The molecule has 0 spiro atoms. The molecule has 1 unspecified atom stereocenters. The molecule has 0 aliphatic carbocycles. The second kappa shape index (κ2) is 4.69. The second-order valence-electron chi connectivity index (χ2n) is 4.49. The lowest BCUT2D eigenvalue weighted by Gasteiger charge is -2.13. The Balaban J connectivity index is 2.56. The normalized spacial score (nSPS) is 13.5. The molecular formula is C13H16BrNO2. The molecule has 1 heterocycles. The van der Waals surface area contributed by atoms with E-state index < -0.39 is 0 Å². The van der Waals surface area contributed by atoms with Crippen LogP contribution in [-0.4, -0.2) is 4.57 Å². The smallest absolute Gasteiger partial charge is 0.408 e. The van der Waals surface area contributed by atoms with Crippen LogP contribution in [0, 0.1) is 5.92 Å². The van der Waals surface area contributed by atoms with Crippen molar-refractivity contribution in [1.82, 2.24) is 4.57 Å². The molecule has 0 radical (unpaired) electrons. The number of fused-ring (bicyclic) bond motifs is 1. The van der Waals surface area contributed by atoms with E-state index in [1.807, 2.05) is 25.1 Å². The highest BCUT2D eigenvalue weighted by Crippen LogP contribution is 2.32. The molecule has 0 N–H and O–H groups in total. The van der Waals surface area contributed by atoms with Crippen molar-refractivity contribution in [1.29, 1.82) is 0 Å². The summed E-state index contributed by atoms with van der Waals surface area (Å²) in [5.74, 6) is 0.211. The zero-order valence-electron chi connectivity index (χ0n) is 10.2. The second-order valence-corrected chi connectivity index (χ2v) is 5.47. The van der Waals surface area contributed by atoms with Gasteiger partial charge < -0.3 is 4.42 Å². The molecule has 92 valence electrons. The predicted molar refractivity (Wildman–Crippen MR) is 72.7 cm³/mol. The van der Waals surface area contributed by atoms with Crippen molar-refractivity contribution in [2.75, 3.05) is 0 Å². The van der Waals surface area contributed by atoms with Gasteiger partial charge in [0.15, 0.2) is 5.58 Å². The van der Waals surface area contributed by atoms with Gasteiger partial charge in [-0.3, -0.25) is 4.57 Å². The number of hydrogen-bond acceptors (Lipinski definition) is 2. The van der Waals surface area contributed by atoms with Gasteiger partial charge >= 0.3 is 5.76 Å². The molecule has 0 aliphatic heterocycles. The zero-order chi connectivity index (χ0) is 12.6. The molecule has 0 fully saturated rings. The number of aromatic nitrogens is 1. The number of halogens is 1. The number of hydrogen-bond donors (Lipinski definition) is 0. The van der Waals surface area contributed by atoms with Gasteiger partial charge in [0.05, 0.1) is 5.52 Å². The van der Waals surface area contributed by atoms with Crippen LogP contribution in [0.3, 0.4) is 0 Å². The van der Waals surface area contributed by atoms with E-state index in [9.17, 15) is 4.79 Å². The molecular weight excluding hydrogens is 282 g/mol. The highest BCUT2D eigenvalue weighted by molar-refractivity contribution is 9.09. The maximum atomic E-state index is 11.6. The van der Waals surface area contributed by atoms with Gasteiger partial charge in [0.1, 0.15) is 0 Å². The Morgan fingerprint density at radius 2 is 2.12 bits per heavy atom. The average Bonchev–Trinajstić information content (AvgIpc) is 2.61. The van der Waals surface area contributed by atoms with Crippen LogP contribution < -0.4 is 5.76 Å². The summed E-state index contributed by atoms with van der Waals surface area (Å²) in [5, 5.41) is 0. The van der Waals surface area contributed by atoms with Gasteiger partial charge in [-0.1, -0.05) is 35.8 Å². The van der Waals surface area contributed by atoms with Gasteiger partial charge in [0.2, 0.25) is 0 Å². The van der Waals surface area contributed by atoms with Gasteiger partial charge in [0, 0.05) is 11.4 Å². The standard InChI is InChI=1S/C13H16BrNO2/c1-4-15-10-6-5-9(12(14)8(2)3)7-11(10)17-13(15)16/h5-8,12H,4H2,1-3H3. The number of nitrogens with zero attached hydrogens (tertiary/aromatic N) is 1. The van der Waals surface area contributed by atoms with Crippen molar-refractivity contribution >= 4 is 27.0 Å². The summed E-state index contributed by atoms with van der Waals surface area (Å²) < 4.78 is 6.88. The minimum Gasteiger partial charge on any atom is -0.408 e. The van der Waals surface area contributed by atoms with Crippen LogP contribution in [0.2, 0.25) is 0 Å². The summed E-state index contributed by atoms with van der Waals surface area (Å²) >= 11 is 3.65. The molecule has 0 bridgehead atoms. The van der Waals surface area contributed by atoms with Crippen molar-refractivity contribution in [3.05, 3.63) is 34.3 Å². The van der Waals surface area contributed by atoms with Gasteiger partial charge in [-0.05, 0) is 30.5 Å². The number of oxazole rings is 1. The first-order chi connectivity index (χ1) is 8.04. The van der Waals surface area contributed by atoms with E-state index in [4.69, 9.17) is 4.42 Å². The van der Waals surface area contributed by atoms with Gasteiger partial charge in [0.25, 0.3) is 0 Å². The average molecular weight is 298 g/mol. The molecule has 1 atom stereocenters. The fourth-order valence-electron chi connectivity index (χ4n) is 1.94. The quantitative estimate of drug-likeness (QED) is 0.810. The molecule has 17 heavy (non-hydrogen) atoms. The zero-order valence-corrected chi connectivity index (χ0v) is 11.8. The summed E-state index contributed by atoms with van der Waals surface area (Å²) in [7, 11) is 0. The van der Waals surface area contributed by atoms with Crippen LogP contribution >= 0.6 is 15.9 Å². The molecule has 4 heteroatoms. The molecule has 1 aromatic heterocycles. The lowest BCUT2D eigenvalue weighted by molar-refractivity contribution is 0.513. The predicted octanol–water partition coefficient (Wildman–Crippen LogP) is 3.71. The summed E-state index contributed by atoms with van der Waals surface area (Å²) in [6, 6.07) is 5.95. The first-order valence-electron chi connectivity index (χ1n) is 5.82. The fourth-order valence-corrected chi connectivity index (χ4v) is 2.22. The summed E-state index contributed by atoms with van der Waals surface area (Å²) in [4.78, 5) is 11.8. The first-order valence-corrected chi connectivity index (χ1v) is 6.73. The number of alkyl halides is 1. The van der Waals surface area contributed by atoms with E-state index in [0.29, 0.717) is 18.0 Å². The van der Waals surface area contributed by atoms with Crippen LogP contribution in [0.25, 0.3) is 11.1 Å². The Bertz CT molecular complexity index is 583. The SMILES string of the molecule is CCn1c(=O)oc2cc(C(Br)C(C)C)ccc21. The van der Waals surface area contributed by atoms with E-state index >= 15 is 0 Å². The molecule has 0 amide bonds. The molecule has 0 saturated carbocycles. The third-order valence-corrected chi connectivity index (χ3v) is 4.50. The van der Waals surface area contributed by atoms with E-state index in [2.05, 4.69) is 29.8 Å². The van der Waals surface area contributed by atoms with E-state index in [1.165, 1.54) is 0 Å². The van der Waals surface area contributed by atoms with Gasteiger partial charge in [-0.2, -0.15) is 0 Å². The highest BCUT2D eigenvalue weighted by Gasteiger charge is 2.14. The van der Waals surface area contributed by atoms with Gasteiger partial charge in [-0.15, -0.1) is 0 Å². The van der Waals surface area contributed by atoms with Crippen LogP contribution in [0.5, 0.6) is 0 Å². The highest BCUT2D eigenvalue weighted by atomic mass is 79.9. The Morgan fingerprint density at radius 1 is 1.41 bits per heavy atom. The molecule has 0 saturated heterocycles. The summed E-state index contributed by atoms with van der Waals surface area (Å²) in [6.45, 7) is 6.87. The van der Waals surface area contributed by atoms with Crippen molar-refractivity contribution in [2.45, 2.75) is 32.1 Å². The van der Waals surface area contributed by atoms with Crippen molar-refractivity contribution in [3.8, 4) is 0 Å². The first kappa shape index (κ1) is 12.4. The Hall–Kier alpha value is -1.03. The maximum Gasteiger partial charge on any atom is 0.419 e. The lowest BCUT2D eigenvalue weighted by atomic mass is 10.0. The number of aryl methyl sites for hydroxylation is 1. The van der Waals surface area contributed by atoms with Crippen LogP contribution in [0.4, 0.5) is 0 Å². The number of rotatable bonds is 3. The summed E-state index contributed by atoms with van der Waals surface area (Å²) in [6.07, 6.45) is 0. The van der Waals surface area contributed by atoms with Crippen LogP contribution in [0.15, 0.2) is 27.4 Å². The summed E-state index contributed by atoms with van der Waals surface area (Å²) in [5.41, 5.74) is 2.67. The van der Waals surface area contributed by atoms with E-state index in [0.717, 1.165) is 11.1 Å². The minimum absolute atomic E-state index is 0.280. The minimum atomic E-state index is -0.282. The monoisotopic (exact) mass is 297 g/mol. The van der Waals surface area contributed by atoms with Crippen LogP contribution in [-0.2, 0) is 6.54 Å². The Morgan fingerprint density at radius 3 is 2.71 bits per heavy atom. The number of benzene rings is 1. The van der Waals surface area contributed by atoms with Crippen molar-refractivity contribution < 1.29 is 4.42 Å². The lowest BCUT2D eigenvalue weighted by Crippen LogP contribution is -2.11. The third-order valence-electron chi connectivity index (χ3n) is 2.91. The van der Waals surface area contributed by atoms with E-state index in [1.54, 1.807) is 4.57 Å². The van der Waals surface area contributed by atoms with E-state index in [-0.39, 0.29) is 10.6 Å². The van der Waals surface area contributed by atoms with Crippen molar-refractivity contribution in [2.24, 2.45) is 5.92 Å². The molecule has 0 aliphatic rings. The van der Waals surface area contributed by atoms with Gasteiger partial charge in [-0.25, -0.2) is 4.79 Å². The Labute approximate surface area is 109 Å². The molecule has 3 nitrogen and oxygen atoms in total. The van der Waals surface area contributed by atoms with Crippen molar-refractivity contribution in [3.63, 3.8) is 0 Å². The fraction of sp³-hybridized carbons (Fsp3) is 0.462.